The van der Waals surface area contributed by atoms with Crippen LogP contribution in [0.4, 0.5) is 13.2 Å². The summed E-state index contributed by atoms with van der Waals surface area (Å²) in [4.78, 5) is 10.5. The summed E-state index contributed by atoms with van der Waals surface area (Å²) in [6.45, 7) is -0.963. The number of hydrogen-bond donors (Lipinski definition) is 1. The van der Waals surface area contributed by atoms with Crippen molar-refractivity contribution in [2.24, 2.45) is 5.41 Å². The zero-order chi connectivity index (χ0) is 14.0. The quantitative estimate of drug-likeness (QED) is 0.762. The van der Waals surface area contributed by atoms with Crippen LogP contribution in [0.3, 0.4) is 0 Å². The molecule has 1 fully saturated rings. The van der Waals surface area contributed by atoms with Gasteiger partial charge in [0.15, 0.2) is 9.84 Å². The molecule has 1 saturated carbocycles. The zero-order valence-electron chi connectivity index (χ0n) is 9.36. The summed E-state index contributed by atoms with van der Waals surface area (Å²) in [5, 5.41) is 8.60. The van der Waals surface area contributed by atoms with E-state index in [9.17, 15) is 26.4 Å². The molecule has 0 aliphatic heterocycles. The van der Waals surface area contributed by atoms with Crippen molar-refractivity contribution in [3.8, 4) is 0 Å². The smallest absolute Gasteiger partial charge is 0.481 e. The number of sulfone groups is 1. The number of aliphatic carboxylic acids is 1. The summed E-state index contributed by atoms with van der Waals surface area (Å²) in [5.74, 6) is -2.25. The van der Waals surface area contributed by atoms with Crippen LogP contribution in [-0.4, -0.2) is 44.0 Å². The number of carbonyl (C=O) groups is 1. The fourth-order valence-corrected chi connectivity index (χ4v) is 3.50. The van der Waals surface area contributed by atoms with E-state index in [0.29, 0.717) is 12.8 Å². The number of alkyl halides is 3. The second-order valence-corrected chi connectivity index (χ2v) is 6.64. The van der Waals surface area contributed by atoms with Gasteiger partial charge in [0.05, 0.1) is 24.5 Å². The molecular formula is C9H13F3O5S. The Morgan fingerprint density at radius 1 is 1.33 bits per heavy atom. The van der Waals surface area contributed by atoms with Crippen molar-refractivity contribution >= 4 is 15.8 Å². The first-order valence-corrected chi connectivity index (χ1v) is 6.99. The van der Waals surface area contributed by atoms with Gasteiger partial charge in [0.2, 0.25) is 0 Å². The Morgan fingerprint density at radius 3 is 2.28 bits per heavy atom. The molecule has 106 valence electrons. The summed E-state index contributed by atoms with van der Waals surface area (Å²) in [6, 6.07) is 0. The highest BCUT2D eigenvalue weighted by Crippen LogP contribution is 2.49. The lowest BCUT2D eigenvalue weighted by molar-refractivity contribution is -0.322. The molecule has 0 spiro atoms. The van der Waals surface area contributed by atoms with E-state index in [1.807, 2.05) is 0 Å². The average molecular weight is 290 g/mol. The van der Waals surface area contributed by atoms with Crippen LogP contribution in [0.25, 0.3) is 0 Å². The van der Waals surface area contributed by atoms with Gasteiger partial charge in [-0.3, -0.25) is 9.53 Å². The van der Waals surface area contributed by atoms with Gasteiger partial charge in [-0.2, -0.15) is 0 Å². The van der Waals surface area contributed by atoms with Crippen LogP contribution in [0.2, 0.25) is 0 Å². The van der Waals surface area contributed by atoms with Crippen molar-refractivity contribution in [3.63, 3.8) is 0 Å². The molecule has 5 nitrogen and oxygen atoms in total. The molecule has 0 heterocycles. The maximum atomic E-state index is 11.7. The number of hydrogen-bond acceptors (Lipinski definition) is 4. The predicted octanol–water partition coefficient (Wildman–Crippen LogP) is 1.19. The number of carboxylic acids is 1. The number of halogens is 3. The molecule has 0 aromatic heterocycles. The van der Waals surface area contributed by atoms with Crippen molar-refractivity contribution in [2.75, 3.05) is 18.1 Å². The Labute approximate surface area is 102 Å². The standard InChI is InChI=1S/C9H13F3O5S/c10-9(11,12)17-3-4-18(15,16)6-8(1-2-8)5-7(13)14/h1-6H2,(H,13,14). The number of rotatable bonds is 7. The first-order chi connectivity index (χ1) is 8.04. The summed E-state index contributed by atoms with van der Waals surface area (Å²) in [7, 11) is -3.73. The fourth-order valence-electron chi connectivity index (χ4n) is 1.69. The van der Waals surface area contributed by atoms with Gasteiger partial charge in [-0.05, 0) is 18.3 Å². The van der Waals surface area contributed by atoms with E-state index in [4.69, 9.17) is 5.11 Å². The third kappa shape index (κ3) is 5.67. The first-order valence-electron chi connectivity index (χ1n) is 5.17. The Balaban J connectivity index is 2.43. The maximum Gasteiger partial charge on any atom is 0.522 e. The van der Waals surface area contributed by atoms with E-state index in [1.165, 1.54) is 0 Å². The van der Waals surface area contributed by atoms with E-state index in [0.717, 1.165) is 0 Å². The molecule has 0 amide bonds. The third-order valence-electron chi connectivity index (χ3n) is 2.67. The molecular weight excluding hydrogens is 277 g/mol. The topological polar surface area (TPSA) is 80.7 Å². The molecule has 1 aliphatic rings. The van der Waals surface area contributed by atoms with E-state index in [2.05, 4.69) is 4.74 Å². The Hall–Kier alpha value is -0.830. The summed E-state index contributed by atoms with van der Waals surface area (Å²) >= 11 is 0. The lowest BCUT2D eigenvalue weighted by Gasteiger charge is -2.13. The highest BCUT2D eigenvalue weighted by molar-refractivity contribution is 7.91. The Morgan fingerprint density at radius 2 is 1.89 bits per heavy atom. The first kappa shape index (κ1) is 15.2. The molecule has 18 heavy (non-hydrogen) atoms. The Kier molecular flexibility index (Phi) is 4.26. The van der Waals surface area contributed by atoms with Gasteiger partial charge in [0.25, 0.3) is 0 Å². The van der Waals surface area contributed by atoms with Gasteiger partial charge >= 0.3 is 12.3 Å². The van der Waals surface area contributed by atoms with Crippen LogP contribution in [0.1, 0.15) is 19.3 Å². The van der Waals surface area contributed by atoms with Gasteiger partial charge in [-0.15, -0.1) is 13.2 Å². The fraction of sp³-hybridized carbons (Fsp3) is 0.889. The van der Waals surface area contributed by atoms with Gasteiger partial charge in [0.1, 0.15) is 0 Å². The van der Waals surface area contributed by atoms with Crippen LogP contribution in [0.15, 0.2) is 0 Å². The SMILES string of the molecule is O=C(O)CC1(CS(=O)(=O)CCOC(F)(F)F)CC1. The van der Waals surface area contributed by atoms with Crippen LogP contribution >= 0.6 is 0 Å². The van der Waals surface area contributed by atoms with E-state index < -0.39 is 45.7 Å². The molecule has 1 aliphatic carbocycles. The average Bonchev–Trinajstić information content (AvgIpc) is 2.78. The molecule has 0 aromatic carbocycles. The largest absolute Gasteiger partial charge is 0.522 e. The molecule has 1 N–H and O–H groups in total. The summed E-state index contributed by atoms with van der Waals surface area (Å²) in [5.41, 5.74) is -0.789. The highest BCUT2D eigenvalue weighted by atomic mass is 32.2. The molecule has 9 heteroatoms. The minimum atomic E-state index is -4.85. The minimum Gasteiger partial charge on any atom is -0.481 e. The molecule has 0 radical (unpaired) electrons. The molecule has 0 atom stereocenters. The van der Waals surface area contributed by atoms with Crippen LogP contribution in [0, 0.1) is 5.41 Å². The molecule has 0 saturated heterocycles. The van der Waals surface area contributed by atoms with E-state index >= 15 is 0 Å². The zero-order valence-corrected chi connectivity index (χ0v) is 10.2. The van der Waals surface area contributed by atoms with E-state index in [1.54, 1.807) is 0 Å². The second kappa shape index (κ2) is 5.04. The highest BCUT2D eigenvalue weighted by Gasteiger charge is 2.47. The summed E-state index contributed by atoms with van der Waals surface area (Å²) < 4.78 is 61.4. The minimum absolute atomic E-state index is 0.271. The Bertz CT molecular complexity index is 410. The number of carboxylic acid groups (broad SMARTS) is 1. The lowest BCUT2D eigenvalue weighted by atomic mass is 10.1. The molecule has 0 bridgehead atoms. The molecule has 0 aromatic rings. The second-order valence-electron chi connectivity index (χ2n) is 4.46. The van der Waals surface area contributed by atoms with Gasteiger partial charge in [-0.1, -0.05) is 0 Å². The van der Waals surface area contributed by atoms with Gasteiger partial charge < -0.3 is 5.11 Å². The maximum absolute atomic E-state index is 11.7. The molecule has 1 rings (SSSR count). The van der Waals surface area contributed by atoms with Crippen molar-refractivity contribution in [3.05, 3.63) is 0 Å². The number of ether oxygens (including phenoxy) is 1. The normalized spacial score (nSPS) is 18.6. The molecule has 0 unspecified atom stereocenters. The van der Waals surface area contributed by atoms with Gasteiger partial charge in [0, 0.05) is 0 Å². The lowest BCUT2D eigenvalue weighted by Crippen LogP contribution is -2.26. The van der Waals surface area contributed by atoms with Crippen molar-refractivity contribution in [1.82, 2.24) is 0 Å². The van der Waals surface area contributed by atoms with Gasteiger partial charge in [-0.25, -0.2) is 8.42 Å². The van der Waals surface area contributed by atoms with Crippen LogP contribution < -0.4 is 0 Å². The van der Waals surface area contributed by atoms with E-state index in [-0.39, 0.29) is 6.42 Å². The monoisotopic (exact) mass is 290 g/mol. The summed E-state index contributed by atoms with van der Waals surface area (Å²) in [6.07, 6.45) is -4.18. The van der Waals surface area contributed by atoms with Crippen molar-refractivity contribution < 1.29 is 36.2 Å². The van der Waals surface area contributed by atoms with Crippen LogP contribution in [-0.2, 0) is 19.4 Å². The third-order valence-corrected chi connectivity index (χ3v) is 4.51. The van der Waals surface area contributed by atoms with Crippen molar-refractivity contribution in [2.45, 2.75) is 25.6 Å². The van der Waals surface area contributed by atoms with Crippen LogP contribution in [0.5, 0.6) is 0 Å². The predicted molar refractivity (Wildman–Crippen MR) is 54.6 cm³/mol. The van der Waals surface area contributed by atoms with Crippen molar-refractivity contribution in [1.29, 1.82) is 0 Å².